The van der Waals surface area contributed by atoms with Crippen LogP contribution in [-0.4, -0.2) is 23.9 Å². The van der Waals surface area contributed by atoms with Crippen molar-refractivity contribution in [2.24, 2.45) is 0 Å². The molecule has 2 atom stereocenters. The number of rotatable bonds is 2. The molecule has 2 N–H and O–H groups in total. The molecule has 1 fully saturated rings. The zero-order valence-corrected chi connectivity index (χ0v) is 7.51. The number of carbonyl (C=O) groups is 1. The van der Waals surface area contributed by atoms with Crippen molar-refractivity contribution in [3.05, 3.63) is 35.9 Å². The number of hydrogen-bond acceptors (Lipinski definition) is 3. The molecule has 0 spiro atoms. The Hall–Kier alpha value is -1.55. The third kappa shape index (κ3) is 1.56. The summed E-state index contributed by atoms with van der Waals surface area (Å²) in [5.74, 6) is 0. The van der Waals surface area contributed by atoms with E-state index in [0.717, 1.165) is 5.56 Å². The van der Waals surface area contributed by atoms with E-state index >= 15 is 0 Å². The Balaban J connectivity index is 2.22. The van der Waals surface area contributed by atoms with Crippen molar-refractivity contribution in [2.75, 3.05) is 6.61 Å². The van der Waals surface area contributed by atoms with Gasteiger partial charge in [0.25, 0.3) is 0 Å². The highest BCUT2D eigenvalue weighted by Gasteiger charge is 2.34. The maximum atomic E-state index is 11.0. The predicted octanol–water partition coefficient (Wildman–Crippen LogP) is 0.828. The van der Waals surface area contributed by atoms with Crippen molar-refractivity contribution in [3.8, 4) is 0 Å². The van der Waals surface area contributed by atoms with Gasteiger partial charge in [-0.2, -0.15) is 0 Å². The first kappa shape index (κ1) is 9.02. The van der Waals surface area contributed by atoms with Gasteiger partial charge in [0, 0.05) is 0 Å². The van der Waals surface area contributed by atoms with Gasteiger partial charge in [-0.25, -0.2) is 4.79 Å². The maximum Gasteiger partial charge on any atom is 0.408 e. The summed E-state index contributed by atoms with van der Waals surface area (Å²) in [6.45, 7) is -0.168. The van der Waals surface area contributed by atoms with Crippen molar-refractivity contribution < 1.29 is 14.6 Å². The smallest absolute Gasteiger partial charge is 0.408 e. The Bertz CT molecular complexity index is 325. The Labute approximate surface area is 81.5 Å². The van der Waals surface area contributed by atoms with Gasteiger partial charge in [-0.3, -0.25) is 0 Å². The molecule has 0 unspecified atom stereocenters. The lowest BCUT2D eigenvalue weighted by molar-refractivity contribution is 0.0829. The molecule has 0 radical (unpaired) electrons. The highest BCUT2D eigenvalue weighted by Crippen LogP contribution is 2.23. The number of aliphatic hydroxyl groups excluding tert-OH is 1. The monoisotopic (exact) mass is 193 g/mol. The van der Waals surface area contributed by atoms with Crippen LogP contribution in [0, 0.1) is 0 Å². The molecule has 1 saturated heterocycles. The molecule has 0 aromatic heterocycles. The quantitative estimate of drug-likeness (QED) is 0.731. The fraction of sp³-hybridized carbons (Fsp3) is 0.300. The van der Waals surface area contributed by atoms with Crippen LogP contribution in [0.5, 0.6) is 0 Å². The highest BCUT2D eigenvalue weighted by molar-refractivity contribution is 5.70. The Morgan fingerprint density at radius 2 is 2.07 bits per heavy atom. The van der Waals surface area contributed by atoms with E-state index in [9.17, 15) is 4.79 Å². The minimum atomic E-state index is -0.482. The van der Waals surface area contributed by atoms with E-state index in [4.69, 9.17) is 9.84 Å². The van der Waals surface area contributed by atoms with E-state index in [0.29, 0.717) is 0 Å². The van der Waals surface area contributed by atoms with Gasteiger partial charge in [-0.05, 0) is 5.56 Å². The van der Waals surface area contributed by atoms with Crippen LogP contribution < -0.4 is 5.32 Å². The number of aliphatic hydroxyl groups is 1. The van der Waals surface area contributed by atoms with Crippen LogP contribution in [0.4, 0.5) is 4.79 Å². The molecule has 1 amide bonds. The van der Waals surface area contributed by atoms with Gasteiger partial charge in [0.1, 0.15) is 0 Å². The average Bonchev–Trinajstić information content (AvgIpc) is 2.61. The number of amides is 1. The average molecular weight is 193 g/mol. The molecule has 1 aliphatic heterocycles. The number of benzene rings is 1. The maximum absolute atomic E-state index is 11.0. The normalized spacial score (nSPS) is 25.6. The fourth-order valence-electron chi connectivity index (χ4n) is 1.56. The van der Waals surface area contributed by atoms with Crippen LogP contribution in [0.25, 0.3) is 0 Å². The summed E-state index contributed by atoms with van der Waals surface area (Å²) in [6.07, 6.45) is -0.956. The summed E-state index contributed by atoms with van der Waals surface area (Å²) >= 11 is 0. The molecule has 0 aliphatic carbocycles. The number of cyclic esters (lactones) is 1. The van der Waals surface area contributed by atoms with Crippen LogP contribution >= 0.6 is 0 Å². The van der Waals surface area contributed by atoms with Crippen LogP contribution in [0.15, 0.2) is 30.3 Å². The predicted molar refractivity (Wildman–Crippen MR) is 49.7 cm³/mol. The van der Waals surface area contributed by atoms with Crippen LogP contribution in [0.2, 0.25) is 0 Å². The zero-order valence-electron chi connectivity index (χ0n) is 7.51. The molecule has 1 aromatic carbocycles. The molecular formula is C10H11NO3. The molecular weight excluding hydrogens is 182 g/mol. The first-order valence-corrected chi connectivity index (χ1v) is 4.44. The van der Waals surface area contributed by atoms with Crippen molar-refractivity contribution >= 4 is 6.09 Å². The van der Waals surface area contributed by atoms with E-state index in [2.05, 4.69) is 5.32 Å². The minimum Gasteiger partial charge on any atom is -0.441 e. The topological polar surface area (TPSA) is 58.6 Å². The number of hydrogen-bond donors (Lipinski definition) is 2. The molecule has 0 bridgehead atoms. The number of ether oxygens (including phenoxy) is 1. The second-order valence-corrected chi connectivity index (χ2v) is 3.16. The summed E-state index contributed by atoms with van der Waals surface area (Å²) in [5.41, 5.74) is 0.942. The van der Waals surface area contributed by atoms with E-state index in [1.165, 1.54) is 0 Å². The van der Waals surface area contributed by atoms with Crippen molar-refractivity contribution in [1.29, 1.82) is 0 Å². The Morgan fingerprint density at radius 3 is 2.71 bits per heavy atom. The highest BCUT2D eigenvalue weighted by atomic mass is 16.6. The van der Waals surface area contributed by atoms with E-state index < -0.39 is 12.2 Å². The summed E-state index contributed by atoms with van der Waals surface area (Å²) < 4.78 is 4.88. The van der Waals surface area contributed by atoms with E-state index in [-0.39, 0.29) is 12.6 Å². The Kier molecular flexibility index (Phi) is 2.37. The lowest BCUT2D eigenvalue weighted by Gasteiger charge is -2.14. The van der Waals surface area contributed by atoms with Gasteiger partial charge in [-0.1, -0.05) is 30.3 Å². The molecule has 0 saturated carbocycles. The minimum absolute atomic E-state index is 0.168. The molecule has 14 heavy (non-hydrogen) atoms. The largest absolute Gasteiger partial charge is 0.441 e. The van der Waals surface area contributed by atoms with E-state index in [1.807, 2.05) is 30.3 Å². The molecule has 2 rings (SSSR count). The van der Waals surface area contributed by atoms with Crippen molar-refractivity contribution in [3.63, 3.8) is 0 Å². The molecule has 1 aromatic rings. The second kappa shape index (κ2) is 3.67. The summed E-state index contributed by atoms with van der Waals surface area (Å²) in [7, 11) is 0. The number of nitrogens with one attached hydrogen (secondary N) is 1. The lowest BCUT2D eigenvalue weighted by atomic mass is 10.0. The summed E-state index contributed by atoms with van der Waals surface area (Å²) in [5, 5.41) is 11.6. The van der Waals surface area contributed by atoms with Crippen LogP contribution in [0.3, 0.4) is 0 Å². The molecule has 1 heterocycles. The van der Waals surface area contributed by atoms with Gasteiger partial charge in [0.15, 0.2) is 6.10 Å². The van der Waals surface area contributed by atoms with Gasteiger partial charge in [0.05, 0.1) is 12.6 Å². The summed E-state index contributed by atoms with van der Waals surface area (Å²) in [4.78, 5) is 11.0. The second-order valence-electron chi connectivity index (χ2n) is 3.16. The van der Waals surface area contributed by atoms with E-state index in [1.54, 1.807) is 0 Å². The standard InChI is InChI=1S/C10H11NO3/c12-6-8-9(11-10(13)14-8)7-4-2-1-3-5-7/h1-5,8-9,12H,6H2,(H,11,13)/t8-,9+/m1/s1. The number of carbonyl (C=O) groups excluding carboxylic acids is 1. The van der Waals surface area contributed by atoms with Gasteiger partial charge in [0.2, 0.25) is 0 Å². The van der Waals surface area contributed by atoms with Gasteiger partial charge >= 0.3 is 6.09 Å². The van der Waals surface area contributed by atoms with Crippen LogP contribution in [-0.2, 0) is 4.74 Å². The third-order valence-electron chi connectivity index (χ3n) is 2.24. The first-order chi connectivity index (χ1) is 6.81. The van der Waals surface area contributed by atoms with Gasteiger partial charge in [-0.15, -0.1) is 0 Å². The molecule has 4 heteroatoms. The number of alkyl carbamates (subject to hydrolysis) is 1. The molecule has 4 nitrogen and oxygen atoms in total. The van der Waals surface area contributed by atoms with Crippen molar-refractivity contribution in [2.45, 2.75) is 12.1 Å². The molecule has 1 aliphatic rings. The van der Waals surface area contributed by atoms with Crippen LogP contribution in [0.1, 0.15) is 11.6 Å². The lowest BCUT2D eigenvalue weighted by Crippen LogP contribution is -2.24. The fourth-order valence-corrected chi connectivity index (χ4v) is 1.56. The zero-order chi connectivity index (χ0) is 9.97. The Morgan fingerprint density at radius 1 is 1.36 bits per heavy atom. The summed E-state index contributed by atoms with van der Waals surface area (Å²) in [6, 6.07) is 9.20. The van der Waals surface area contributed by atoms with Crippen molar-refractivity contribution in [1.82, 2.24) is 5.32 Å². The SMILES string of the molecule is O=C1N[C@@H](c2ccccc2)[C@@H](CO)O1. The first-order valence-electron chi connectivity index (χ1n) is 4.44. The molecule has 74 valence electrons. The third-order valence-corrected chi connectivity index (χ3v) is 2.24. The van der Waals surface area contributed by atoms with Gasteiger partial charge < -0.3 is 15.2 Å².